The molecular formula is C26H39BN6O10P2. The molecule has 0 spiro atoms. The zero-order valence-electron chi connectivity index (χ0n) is 25.0. The maximum absolute atomic E-state index is 13.3. The van der Waals surface area contributed by atoms with E-state index < -0.39 is 57.3 Å². The highest BCUT2D eigenvalue weighted by atomic mass is 31.2. The van der Waals surface area contributed by atoms with Gasteiger partial charge in [-0.25, -0.2) is 4.98 Å². The fraction of sp³-hybridized carbons (Fsp3) is 0.500. The van der Waals surface area contributed by atoms with Crippen LogP contribution in [0.25, 0.3) is 0 Å². The van der Waals surface area contributed by atoms with Crippen LogP contribution in [0.4, 0.5) is 0 Å². The molecule has 1 saturated heterocycles. The summed E-state index contributed by atoms with van der Waals surface area (Å²) in [5, 5.41) is 7.60. The highest BCUT2D eigenvalue weighted by Crippen LogP contribution is 2.58. The first-order valence-electron chi connectivity index (χ1n) is 14.3. The van der Waals surface area contributed by atoms with Gasteiger partial charge in [-0.3, -0.25) is 33.4 Å². The summed E-state index contributed by atoms with van der Waals surface area (Å²) in [5.41, 5.74) is -1.22. The Morgan fingerprint density at radius 2 is 1.69 bits per heavy atom. The molecule has 1 aromatic heterocycles. The summed E-state index contributed by atoms with van der Waals surface area (Å²) in [6, 6.07) is 8.34. The van der Waals surface area contributed by atoms with Crippen molar-refractivity contribution >= 4 is 39.8 Å². The van der Waals surface area contributed by atoms with E-state index in [4.69, 9.17) is 9.31 Å². The van der Waals surface area contributed by atoms with Gasteiger partial charge in [0.15, 0.2) is 0 Å². The van der Waals surface area contributed by atoms with Gasteiger partial charge in [0.05, 0.1) is 12.1 Å². The minimum absolute atomic E-state index is 0.0792. The summed E-state index contributed by atoms with van der Waals surface area (Å²) < 4.78 is 35.0. The summed E-state index contributed by atoms with van der Waals surface area (Å²) in [6.45, 7) is 4.41. The molecule has 45 heavy (non-hydrogen) atoms. The van der Waals surface area contributed by atoms with Crippen molar-refractivity contribution in [3.63, 3.8) is 0 Å². The Labute approximate surface area is 261 Å². The van der Waals surface area contributed by atoms with E-state index in [2.05, 4.69) is 20.6 Å². The van der Waals surface area contributed by atoms with Crippen LogP contribution in [0.3, 0.4) is 0 Å². The minimum atomic E-state index is -5.02. The molecule has 0 radical (unpaired) electrons. The summed E-state index contributed by atoms with van der Waals surface area (Å²) in [5.74, 6) is -2.29. The second-order valence-corrected chi connectivity index (χ2v) is 15.1. The van der Waals surface area contributed by atoms with Crippen LogP contribution < -0.4 is 16.0 Å². The van der Waals surface area contributed by atoms with Crippen molar-refractivity contribution in [2.45, 2.75) is 43.7 Å². The van der Waals surface area contributed by atoms with Gasteiger partial charge in [-0.2, -0.15) is 0 Å². The number of rotatable bonds is 14. The average molecular weight is 668 g/mol. The van der Waals surface area contributed by atoms with Gasteiger partial charge in [0.2, 0.25) is 24.7 Å². The van der Waals surface area contributed by atoms with Crippen molar-refractivity contribution in [1.82, 2.24) is 30.8 Å². The first kappa shape index (κ1) is 36.5. The first-order valence-corrected chi connectivity index (χ1v) is 18.1. The normalized spacial score (nSPS) is 17.9. The second kappa shape index (κ2) is 17.1. The zero-order valence-corrected chi connectivity index (χ0v) is 26.8. The van der Waals surface area contributed by atoms with E-state index in [0.717, 1.165) is 12.2 Å². The van der Waals surface area contributed by atoms with Gasteiger partial charge in [0, 0.05) is 58.2 Å². The van der Waals surface area contributed by atoms with Crippen molar-refractivity contribution in [2.24, 2.45) is 0 Å². The molecule has 1 aliphatic rings. The summed E-state index contributed by atoms with van der Waals surface area (Å²) in [4.78, 5) is 76.4. The molecule has 1 aliphatic heterocycles. The van der Waals surface area contributed by atoms with E-state index in [0.29, 0.717) is 26.1 Å². The number of nitrogens with zero attached hydrogens (tertiary/aromatic N) is 3. The fourth-order valence-corrected chi connectivity index (χ4v) is 7.46. The molecule has 0 bridgehead atoms. The van der Waals surface area contributed by atoms with Gasteiger partial charge < -0.3 is 39.9 Å². The Hall–Kier alpha value is -3.01. The Morgan fingerprint density at radius 3 is 2.27 bits per heavy atom. The molecule has 4 atom stereocenters. The van der Waals surface area contributed by atoms with Crippen molar-refractivity contribution in [3.05, 3.63) is 60.2 Å². The van der Waals surface area contributed by atoms with Crippen molar-refractivity contribution < 1.29 is 47.5 Å². The number of nitrogens with one attached hydrogen (secondary N) is 3. The molecule has 1 fully saturated rings. The largest absolute Gasteiger partial charge is 0.480 e. The number of carbonyl (C=O) groups excluding carboxylic acids is 3. The molecule has 19 heteroatoms. The van der Waals surface area contributed by atoms with E-state index in [9.17, 15) is 38.2 Å². The fourth-order valence-electron chi connectivity index (χ4n) is 4.53. The molecule has 3 rings (SSSR count). The third-order valence-electron chi connectivity index (χ3n) is 6.80. The highest BCUT2D eigenvalue weighted by Gasteiger charge is 2.42. The van der Waals surface area contributed by atoms with Crippen molar-refractivity contribution in [1.29, 1.82) is 0 Å². The molecule has 3 amide bonds. The average Bonchev–Trinajstić information content (AvgIpc) is 2.96. The minimum Gasteiger partial charge on any atom is -0.408 e. The summed E-state index contributed by atoms with van der Waals surface area (Å²) in [6.07, 6.45) is 4.59. The lowest BCUT2D eigenvalue weighted by atomic mass is 9.79. The van der Waals surface area contributed by atoms with E-state index in [1.165, 1.54) is 18.6 Å². The van der Waals surface area contributed by atoms with Crippen LogP contribution in [0.2, 0.25) is 0 Å². The van der Waals surface area contributed by atoms with Gasteiger partial charge in [-0.15, -0.1) is 0 Å². The highest BCUT2D eigenvalue weighted by molar-refractivity contribution is 7.73. The number of hydrogen-bond donors (Lipinski definition) is 6. The van der Waals surface area contributed by atoms with Gasteiger partial charge >= 0.3 is 14.7 Å². The molecule has 1 aromatic carbocycles. The molecule has 6 N–H and O–H groups in total. The van der Waals surface area contributed by atoms with Crippen molar-refractivity contribution in [2.75, 3.05) is 39.5 Å². The van der Waals surface area contributed by atoms with E-state index in [1.807, 2.05) is 40.5 Å². The molecule has 0 aliphatic carbocycles. The Bertz CT molecular complexity index is 1330. The molecule has 2 heterocycles. The van der Waals surface area contributed by atoms with Gasteiger partial charge in [0.25, 0.3) is 5.91 Å². The molecular weight excluding hydrogens is 629 g/mol. The van der Waals surface area contributed by atoms with Crippen LogP contribution in [0.5, 0.6) is 0 Å². The predicted octanol–water partition coefficient (Wildman–Crippen LogP) is -0.0435. The molecule has 16 nitrogen and oxygen atoms in total. The van der Waals surface area contributed by atoms with Gasteiger partial charge in [0.1, 0.15) is 11.7 Å². The predicted molar refractivity (Wildman–Crippen MR) is 164 cm³/mol. The van der Waals surface area contributed by atoms with E-state index in [-0.39, 0.29) is 31.7 Å². The number of hydrogen-bond acceptors (Lipinski definition) is 10. The van der Waals surface area contributed by atoms with Crippen LogP contribution in [0.1, 0.15) is 35.8 Å². The van der Waals surface area contributed by atoms with Crippen molar-refractivity contribution in [3.8, 4) is 0 Å². The van der Waals surface area contributed by atoms with Gasteiger partial charge in [-0.05, 0) is 25.5 Å². The SMILES string of the molecule is C[C@@H](NC(=O)[C@@H](Cc1ccccc1)NC(=O)c1cnccn1)B1OCCN(CCCC(=O)NC(P(C)(=O)O)P(=O)(O)O)CCO1. The Balaban J connectivity index is 1.48. The Morgan fingerprint density at radius 1 is 1.02 bits per heavy atom. The molecule has 2 aromatic rings. The lowest BCUT2D eigenvalue weighted by Crippen LogP contribution is -2.56. The lowest BCUT2D eigenvalue weighted by molar-refractivity contribution is -0.123. The van der Waals surface area contributed by atoms with Crippen LogP contribution in [0.15, 0.2) is 48.9 Å². The number of carbonyl (C=O) groups is 3. The topological polar surface area (TPSA) is 230 Å². The Kier molecular flexibility index (Phi) is 13.8. The standard InChI is InChI=1S/C26H39BN6O10P2/c1-19(30-24(35)21(17-20-7-4-3-5-8-20)31-25(36)22-18-28-10-11-29-22)27-42-15-13-33(14-16-43-27)12-6-9-23(34)32-26(44(2,37)38)45(39,40)41/h3-5,7-8,10-11,18-19,21,26H,6,9,12-17H2,1-2H3,(H,30,35)(H,31,36)(H,32,34)(H,37,38)(H2,39,40,41)/t19-,21-,26?/m1/s1. The van der Waals surface area contributed by atoms with E-state index >= 15 is 0 Å². The van der Waals surface area contributed by atoms with E-state index in [1.54, 1.807) is 6.92 Å². The maximum atomic E-state index is 13.3. The summed E-state index contributed by atoms with van der Waals surface area (Å²) >= 11 is 0. The molecule has 2 unspecified atom stereocenters. The van der Waals surface area contributed by atoms with Crippen LogP contribution in [-0.4, -0.2) is 111 Å². The first-order chi connectivity index (χ1) is 21.2. The lowest BCUT2D eigenvalue weighted by Gasteiger charge is -2.30. The van der Waals surface area contributed by atoms with Crippen LogP contribution in [0, 0.1) is 0 Å². The van der Waals surface area contributed by atoms with Crippen LogP contribution >= 0.6 is 15.0 Å². The second-order valence-electron chi connectivity index (χ2n) is 10.6. The smallest absolute Gasteiger partial charge is 0.408 e. The third kappa shape index (κ3) is 12.4. The quantitative estimate of drug-likeness (QED) is 0.115. The van der Waals surface area contributed by atoms with Gasteiger partial charge in [-0.1, -0.05) is 30.3 Å². The summed E-state index contributed by atoms with van der Waals surface area (Å²) in [7, 11) is -10.1. The number of benzene rings is 1. The number of amides is 3. The molecule has 246 valence electrons. The number of aromatic nitrogens is 2. The van der Waals surface area contributed by atoms with Crippen LogP contribution in [-0.2, 0) is 34.4 Å². The third-order valence-corrected chi connectivity index (χ3v) is 10.8. The zero-order chi connectivity index (χ0) is 33.0. The maximum Gasteiger partial charge on any atom is 0.480 e. The monoisotopic (exact) mass is 668 g/mol. The molecule has 0 saturated carbocycles.